The summed E-state index contributed by atoms with van der Waals surface area (Å²) in [6.07, 6.45) is -2.15. The zero-order chi connectivity index (χ0) is 21.7. The number of pyridine rings is 1. The molecule has 0 aliphatic carbocycles. The summed E-state index contributed by atoms with van der Waals surface area (Å²) in [5, 5.41) is 0. The number of aryl methyl sites for hydroxylation is 2. The summed E-state index contributed by atoms with van der Waals surface area (Å²) < 4.78 is 45.2. The van der Waals surface area contributed by atoms with Gasteiger partial charge in [-0.1, -0.05) is 52.8 Å². The fourth-order valence-corrected chi connectivity index (χ4v) is 2.65. The second-order valence-electron chi connectivity index (χ2n) is 7.41. The smallest absolute Gasteiger partial charge is 0.201 e. The van der Waals surface area contributed by atoms with Gasteiger partial charge in [0.1, 0.15) is 7.05 Å². The number of hydrogen-bond donors (Lipinski definition) is 0. The minimum Gasteiger partial charge on any atom is -0.201 e. The molecule has 0 amide bonds. The van der Waals surface area contributed by atoms with Gasteiger partial charge in [-0.3, -0.25) is 0 Å². The molecule has 1 nitrogen and oxygen atoms in total. The normalized spacial score (nSPS) is 16.9. The highest BCUT2D eigenvalue weighted by Gasteiger charge is 2.21. The second kappa shape index (κ2) is 6.86. The predicted molar refractivity (Wildman–Crippen MR) is 99.5 cm³/mol. The largest absolute Gasteiger partial charge is 0.212 e. The van der Waals surface area contributed by atoms with Crippen LogP contribution in [0.25, 0.3) is 11.3 Å². The fraction of sp³-hybridized carbons (Fsp3) is 0.500. The topological polar surface area (TPSA) is 3.88 Å². The first-order valence-electron chi connectivity index (χ1n) is 10.6. The van der Waals surface area contributed by atoms with Gasteiger partial charge in [0.15, 0.2) is 6.20 Å². The minimum atomic E-state index is -2.02. The number of rotatable bonds is 4. The van der Waals surface area contributed by atoms with Crippen LogP contribution < -0.4 is 4.57 Å². The third kappa shape index (κ3) is 4.67. The van der Waals surface area contributed by atoms with Crippen molar-refractivity contribution in [3.63, 3.8) is 0 Å². The molecular formula is C22H32N+. The van der Waals surface area contributed by atoms with Crippen LogP contribution in [0, 0.1) is 18.2 Å². The first-order valence-corrected chi connectivity index (χ1v) is 8.12. The average molecular weight is 316 g/mol. The van der Waals surface area contributed by atoms with E-state index >= 15 is 0 Å². The number of nitrogens with zero attached hydrogens (tertiary/aromatic N) is 1. The first kappa shape index (κ1) is 11.8. The lowest BCUT2D eigenvalue weighted by Crippen LogP contribution is -2.33. The molecule has 1 heterocycles. The molecule has 0 spiro atoms. The average Bonchev–Trinajstić information content (AvgIpc) is 2.53. The highest BCUT2D eigenvalue weighted by molar-refractivity contribution is 5.61. The van der Waals surface area contributed by atoms with Crippen molar-refractivity contribution >= 4 is 0 Å². The fourth-order valence-electron chi connectivity index (χ4n) is 2.65. The van der Waals surface area contributed by atoms with E-state index in [9.17, 15) is 0 Å². The molecule has 2 rings (SSSR count). The Bertz CT molecular complexity index is 873. The van der Waals surface area contributed by atoms with Crippen LogP contribution in [0.1, 0.15) is 58.2 Å². The molecule has 23 heavy (non-hydrogen) atoms. The van der Waals surface area contributed by atoms with Crippen molar-refractivity contribution in [1.82, 2.24) is 0 Å². The summed E-state index contributed by atoms with van der Waals surface area (Å²) in [6, 6.07) is 9.67. The van der Waals surface area contributed by atoms with Crippen molar-refractivity contribution in [2.45, 2.75) is 54.3 Å². The van der Waals surface area contributed by atoms with E-state index < -0.39 is 24.1 Å². The van der Waals surface area contributed by atoms with Crippen LogP contribution in [0.5, 0.6) is 0 Å². The standard InChI is InChI=1S/C22H32N/c1-16(2)12-19-15-23(7)21(13-18(19)14-22(4,5)6)20-11-9-8-10-17(20)3/h8-11,13,15-16H,12,14H2,1-7H3/q+1/i12D2,14D2,16D. The molecule has 0 fully saturated rings. The molecule has 0 aliphatic rings. The summed E-state index contributed by atoms with van der Waals surface area (Å²) in [4.78, 5) is 0. The maximum atomic E-state index is 8.86. The molecule has 0 saturated carbocycles. The van der Waals surface area contributed by atoms with Gasteiger partial charge in [-0.2, -0.15) is 0 Å². The predicted octanol–water partition coefficient (Wildman–Crippen LogP) is 5.27. The molecule has 0 saturated heterocycles. The zero-order valence-corrected chi connectivity index (χ0v) is 15.4. The van der Waals surface area contributed by atoms with E-state index in [1.807, 2.05) is 63.6 Å². The number of hydrogen-bond acceptors (Lipinski definition) is 0. The highest BCUT2D eigenvalue weighted by atomic mass is 14.9. The number of benzene rings is 1. The van der Waals surface area contributed by atoms with Crippen LogP contribution in [0.2, 0.25) is 0 Å². The van der Waals surface area contributed by atoms with Crippen LogP contribution >= 0.6 is 0 Å². The maximum absolute atomic E-state index is 8.86. The molecule has 0 N–H and O–H groups in total. The van der Waals surface area contributed by atoms with Gasteiger partial charge >= 0.3 is 0 Å². The SMILES string of the molecule is [2H]C(C)(C)C([2H])([2H])c1c[n+](C)c(-c2ccccc2C)cc1C([2H])([2H])C(C)(C)C. The van der Waals surface area contributed by atoms with Gasteiger partial charge in [0.05, 0.1) is 0 Å². The second-order valence-corrected chi connectivity index (χ2v) is 7.41. The lowest BCUT2D eigenvalue weighted by molar-refractivity contribution is -0.660. The molecule has 0 atom stereocenters. The minimum absolute atomic E-state index is 0.229. The van der Waals surface area contributed by atoms with Crippen molar-refractivity contribution in [1.29, 1.82) is 0 Å². The Labute approximate surface area is 149 Å². The molecule has 2 aromatic rings. The van der Waals surface area contributed by atoms with E-state index in [0.717, 1.165) is 16.8 Å². The summed E-state index contributed by atoms with van der Waals surface area (Å²) in [6.45, 7) is 10.5. The van der Waals surface area contributed by atoms with Gasteiger partial charge in [-0.25, -0.2) is 4.57 Å². The Balaban J connectivity index is 2.93. The third-order valence-corrected chi connectivity index (χ3v) is 3.59. The third-order valence-electron chi connectivity index (χ3n) is 3.59. The molecule has 0 unspecified atom stereocenters. The highest BCUT2D eigenvalue weighted by Crippen LogP contribution is 2.28. The molecule has 1 aromatic carbocycles. The van der Waals surface area contributed by atoms with Crippen molar-refractivity contribution in [3.8, 4) is 11.3 Å². The maximum Gasteiger partial charge on any atom is 0.212 e. The molecule has 0 radical (unpaired) electrons. The molecule has 124 valence electrons. The van der Waals surface area contributed by atoms with Gasteiger partial charge in [-0.05, 0) is 48.2 Å². The Morgan fingerprint density at radius 1 is 1.17 bits per heavy atom. The van der Waals surface area contributed by atoms with E-state index in [1.54, 1.807) is 12.3 Å². The monoisotopic (exact) mass is 315 g/mol. The molecule has 1 aromatic heterocycles. The Kier molecular flexibility index (Phi) is 3.53. The van der Waals surface area contributed by atoms with Gasteiger partial charge in [-0.15, -0.1) is 0 Å². The van der Waals surface area contributed by atoms with Crippen molar-refractivity contribution in [2.75, 3.05) is 0 Å². The van der Waals surface area contributed by atoms with E-state index in [0.29, 0.717) is 5.56 Å². The quantitative estimate of drug-likeness (QED) is 0.676. The van der Waals surface area contributed by atoms with Gasteiger partial charge in [0.25, 0.3) is 0 Å². The molecular weight excluding hydrogens is 278 g/mol. The molecule has 1 heteroatoms. The van der Waals surface area contributed by atoms with Crippen LogP contribution in [0.15, 0.2) is 36.5 Å². The summed E-state index contributed by atoms with van der Waals surface area (Å²) in [5.41, 5.74) is 2.66. The summed E-state index contributed by atoms with van der Waals surface area (Å²) in [7, 11) is 1.84. The summed E-state index contributed by atoms with van der Waals surface area (Å²) in [5.74, 6) is -1.42. The van der Waals surface area contributed by atoms with Gasteiger partial charge < -0.3 is 0 Å². The molecule has 0 aliphatic heterocycles. The van der Waals surface area contributed by atoms with E-state index in [-0.39, 0.29) is 5.56 Å². The van der Waals surface area contributed by atoms with Crippen molar-refractivity contribution < 1.29 is 11.4 Å². The van der Waals surface area contributed by atoms with Crippen molar-refractivity contribution in [2.24, 2.45) is 18.4 Å². The Morgan fingerprint density at radius 2 is 1.83 bits per heavy atom. The van der Waals surface area contributed by atoms with Gasteiger partial charge in [0.2, 0.25) is 5.69 Å². The Morgan fingerprint density at radius 3 is 2.39 bits per heavy atom. The summed E-state index contributed by atoms with van der Waals surface area (Å²) >= 11 is 0. The van der Waals surface area contributed by atoms with E-state index in [2.05, 4.69) is 0 Å². The Hall–Kier alpha value is -1.63. The van der Waals surface area contributed by atoms with Gasteiger partial charge in [0, 0.05) is 24.0 Å². The lowest BCUT2D eigenvalue weighted by Gasteiger charge is -2.21. The van der Waals surface area contributed by atoms with E-state index in [4.69, 9.17) is 6.85 Å². The zero-order valence-electron chi connectivity index (χ0n) is 20.4. The van der Waals surface area contributed by atoms with Crippen LogP contribution in [0.3, 0.4) is 0 Å². The number of aromatic nitrogens is 1. The van der Waals surface area contributed by atoms with Crippen molar-refractivity contribution in [3.05, 3.63) is 53.2 Å². The van der Waals surface area contributed by atoms with Crippen LogP contribution in [0.4, 0.5) is 0 Å². The molecule has 0 bridgehead atoms. The first-order chi connectivity index (χ1) is 12.5. The van der Waals surface area contributed by atoms with Crippen LogP contribution in [-0.2, 0) is 19.8 Å². The lowest BCUT2D eigenvalue weighted by atomic mass is 9.84. The van der Waals surface area contributed by atoms with E-state index in [1.165, 1.54) is 13.8 Å². The van der Waals surface area contributed by atoms with Crippen LogP contribution in [-0.4, -0.2) is 0 Å².